The van der Waals surface area contributed by atoms with E-state index in [4.69, 9.17) is 4.74 Å². The van der Waals surface area contributed by atoms with Crippen molar-refractivity contribution in [2.45, 2.75) is 0 Å². The van der Waals surface area contributed by atoms with E-state index in [9.17, 15) is 5.11 Å². The van der Waals surface area contributed by atoms with E-state index in [-0.39, 0.29) is 5.75 Å². The second-order valence-electron chi connectivity index (χ2n) is 3.76. The number of methoxy groups -OCH3 is 1. The van der Waals surface area contributed by atoms with Gasteiger partial charge in [-0.1, -0.05) is 18.2 Å². The topological polar surface area (TPSA) is 53.8 Å². The van der Waals surface area contributed by atoms with Crippen molar-refractivity contribution in [3.8, 4) is 11.5 Å². The Hall–Kier alpha value is -2.01. The number of anilines is 1. The summed E-state index contributed by atoms with van der Waals surface area (Å²) in [6.07, 6.45) is 1.62. The lowest BCUT2D eigenvalue weighted by Gasteiger charge is -2.07. The number of rotatable bonds is 4. The van der Waals surface area contributed by atoms with Crippen LogP contribution in [0.4, 0.5) is 5.69 Å². The molecule has 0 aromatic heterocycles. The number of benzene rings is 2. The predicted octanol–water partition coefficient (Wildman–Crippen LogP) is 3.61. The summed E-state index contributed by atoms with van der Waals surface area (Å²) in [6.45, 7) is 0. The SMILES string of the molecule is COc1ccc(/C=N/Nc2ccccc2)c(Br)c1O. The van der Waals surface area contributed by atoms with Crippen molar-refractivity contribution in [1.82, 2.24) is 0 Å². The van der Waals surface area contributed by atoms with Gasteiger partial charge in [0.25, 0.3) is 0 Å². The first-order chi connectivity index (χ1) is 9.22. The maximum atomic E-state index is 9.84. The molecule has 0 spiro atoms. The highest BCUT2D eigenvalue weighted by Crippen LogP contribution is 2.35. The minimum atomic E-state index is 0.0613. The number of para-hydroxylation sites is 1. The lowest BCUT2D eigenvalue weighted by molar-refractivity contribution is 0.372. The van der Waals surface area contributed by atoms with Crippen LogP contribution in [0.25, 0.3) is 0 Å². The number of nitrogens with one attached hydrogen (secondary N) is 1. The Morgan fingerprint density at radius 1 is 1.21 bits per heavy atom. The minimum Gasteiger partial charge on any atom is -0.503 e. The van der Waals surface area contributed by atoms with Crippen LogP contribution < -0.4 is 10.2 Å². The molecule has 98 valence electrons. The fourth-order valence-corrected chi connectivity index (χ4v) is 1.95. The smallest absolute Gasteiger partial charge is 0.172 e. The van der Waals surface area contributed by atoms with Gasteiger partial charge in [0, 0.05) is 5.56 Å². The summed E-state index contributed by atoms with van der Waals surface area (Å²) >= 11 is 3.31. The van der Waals surface area contributed by atoms with Gasteiger partial charge in [0.05, 0.1) is 23.5 Å². The van der Waals surface area contributed by atoms with Crippen LogP contribution in [-0.2, 0) is 0 Å². The lowest BCUT2D eigenvalue weighted by atomic mass is 10.2. The third-order valence-electron chi connectivity index (χ3n) is 2.50. The molecule has 0 aliphatic rings. The van der Waals surface area contributed by atoms with Crippen molar-refractivity contribution >= 4 is 27.8 Å². The number of aromatic hydroxyl groups is 1. The van der Waals surface area contributed by atoms with Crippen molar-refractivity contribution in [2.75, 3.05) is 12.5 Å². The molecular weight excluding hydrogens is 308 g/mol. The second kappa shape index (κ2) is 6.24. The van der Waals surface area contributed by atoms with Gasteiger partial charge in [-0.15, -0.1) is 0 Å². The van der Waals surface area contributed by atoms with Crippen molar-refractivity contribution < 1.29 is 9.84 Å². The molecule has 5 heteroatoms. The highest BCUT2D eigenvalue weighted by molar-refractivity contribution is 9.10. The van der Waals surface area contributed by atoms with Crippen LogP contribution in [0.15, 0.2) is 52.0 Å². The number of halogens is 1. The third kappa shape index (κ3) is 3.26. The molecule has 0 bridgehead atoms. The molecule has 0 atom stereocenters. The van der Waals surface area contributed by atoms with Crippen LogP contribution in [0.3, 0.4) is 0 Å². The van der Waals surface area contributed by atoms with Gasteiger partial charge >= 0.3 is 0 Å². The zero-order valence-corrected chi connectivity index (χ0v) is 11.9. The Labute approximate surface area is 119 Å². The number of ether oxygens (including phenoxy) is 1. The summed E-state index contributed by atoms with van der Waals surface area (Å²) in [5.41, 5.74) is 4.55. The molecule has 0 saturated heterocycles. The van der Waals surface area contributed by atoms with Crippen LogP contribution in [0.2, 0.25) is 0 Å². The monoisotopic (exact) mass is 320 g/mol. The van der Waals surface area contributed by atoms with Crippen LogP contribution >= 0.6 is 15.9 Å². The summed E-state index contributed by atoms with van der Waals surface area (Å²) in [4.78, 5) is 0. The van der Waals surface area contributed by atoms with Gasteiger partial charge in [0.2, 0.25) is 0 Å². The van der Waals surface area contributed by atoms with Crippen LogP contribution in [0.1, 0.15) is 5.56 Å². The molecule has 2 N–H and O–H groups in total. The first-order valence-corrected chi connectivity index (χ1v) is 6.41. The Morgan fingerprint density at radius 2 is 1.95 bits per heavy atom. The van der Waals surface area contributed by atoms with E-state index in [1.165, 1.54) is 7.11 Å². The molecule has 0 saturated carbocycles. The number of phenols is 1. The molecule has 19 heavy (non-hydrogen) atoms. The van der Waals surface area contributed by atoms with Crippen LogP contribution in [0, 0.1) is 0 Å². The van der Waals surface area contributed by atoms with E-state index in [0.29, 0.717) is 10.2 Å². The standard InChI is InChI=1S/C14H13BrN2O2/c1-19-12-8-7-10(13(15)14(12)18)9-16-17-11-5-3-2-4-6-11/h2-9,17-18H,1H3/b16-9+. The largest absolute Gasteiger partial charge is 0.503 e. The number of hydrazone groups is 1. The zero-order chi connectivity index (χ0) is 13.7. The molecule has 0 radical (unpaired) electrons. The number of phenolic OH excluding ortho intramolecular Hbond substituents is 1. The molecule has 0 fully saturated rings. The maximum Gasteiger partial charge on any atom is 0.172 e. The van der Waals surface area contributed by atoms with Crippen molar-refractivity contribution in [1.29, 1.82) is 0 Å². The van der Waals surface area contributed by atoms with Crippen molar-refractivity contribution in [3.05, 3.63) is 52.5 Å². The van der Waals surface area contributed by atoms with Gasteiger partial charge in [-0.25, -0.2) is 0 Å². The van der Waals surface area contributed by atoms with E-state index in [0.717, 1.165) is 11.3 Å². The molecule has 2 rings (SSSR count). The average Bonchev–Trinajstić information content (AvgIpc) is 2.45. The Morgan fingerprint density at radius 3 is 2.63 bits per heavy atom. The predicted molar refractivity (Wildman–Crippen MR) is 80.0 cm³/mol. The molecule has 0 heterocycles. The fourth-order valence-electron chi connectivity index (χ4n) is 1.52. The first-order valence-electron chi connectivity index (χ1n) is 5.62. The molecule has 2 aromatic carbocycles. The van der Waals surface area contributed by atoms with Gasteiger partial charge in [0.15, 0.2) is 11.5 Å². The molecule has 0 aliphatic heterocycles. The van der Waals surface area contributed by atoms with E-state index in [2.05, 4.69) is 26.5 Å². The quantitative estimate of drug-likeness (QED) is 0.668. The highest BCUT2D eigenvalue weighted by atomic mass is 79.9. The van der Waals surface area contributed by atoms with Gasteiger partial charge in [-0.3, -0.25) is 5.43 Å². The Kier molecular flexibility index (Phi) is 4.41. The summed E-state index contributed by atoms with van der Waals surface area (Å²) < 4.78 is 5.56. The Bertz CT molecular complexity index is 585. The third-order valence-corrected chi connectivity index (χ3v) is 3.33. The van der Waals surface area contributed by atoms with Gasteiger partial charge in [-0.2, -0.15) is 5.10 Å². The lowest BCUT2D eigenvalue weighted by Crippen LogP contribution is -1.92. The summed E-state index contributed by atoms with van der Waals surface area (Å²) in [7, 11) is 1.51. The van der Waals surface area contributed by atoms with E-state index in [1.54, 1.807) is 18.3 Å². The van der Waals surface area contributed by atoms with Crippen molar-refractivity contribution in [3.63, 3.8) is 0 Å². The van der Waals surface area contributed by atoms with E-state index < -0.39 is 0 Å². The van der Waals surface area contributed by atoms with E-state index in [1.807, 2.05) is 30.3 Å². The number of hydrogen-bond acceptors (Lipinski definition) is 4. The number of hydrogen-bond donors (Lipinski definition) is 2. The van der Waals surface area contributed by atoms with Crippen molar-refractivity contribution in [2.24, 2.45) is 5.10 Å². The summed E-state index contributed by atoms with van der Waals surface area (Å²) in [5.74, 6) is 0.478. The maximum absolute atomic E-state index is 9.84. The average molecular weight is 321 g/mol. The Balaban J connectivity index is 2.13. The van der Waals surface area contributed by atoms with Crippen LogP contribution in [-0.4, -0.2) is 18.4 Å². The summed E-state index contributed by atoms with van der Waals surface area (Å²) in [6, 6.07) is 13.1. The fraction of sp³-hybridized carbons (Fsp3) is 0.0714. The van der Waals surface area contributed by atoms with Crippen LogP contribution in [0.5, 0.6) is 11.5 Å². The molecule has 4 nitrogen and oxygen atoms in total. The minimum absolute atomic E-state index is 0.0613. The second-order valence-corrected chi connectivity index (χ2v) is 4.55. The molecule has 0 amide bonds. The first kappa shape index (κ1) is 13.4. The van der Waals surface area contributed by atoms with Gasteiger partial charge < -0.3 is 9.84 Å². The normalized spacial score (nSPS) is 10.6. The van der Waals surface area contributed by atoms with Gasteiger partial charge in [0.1, 0.15) is 0 Å². The molecule has 0 unspecified atom stereocenters. The molecule has 2 aromatic rings. The van der Waals surface area contributed by atoms with E-state index >= 15 is 0 Å². The highest BCUT2D eigenvalue weighted by Gasteiger charge is 2.09. The van der Waals surface area contributed by atoms with Gasteiger partial charge in [-0.05, 0) is 40.2 Å². The summed E-state index contributed by atoms with van der Waals surface area (Å²) in [5, 5.41) is 14.0. The zero-order valence-electron chi connectivity index (χ0n) is 10.3. The molecular formula is C14H13BrN2O2. The molecule has 0 aliphatic carbocycles. The number of nitrogens with zero attached hydrogens (tertiary/aromatic N) is 1.